The number of hydrogen-bond donors (Lipinski definition) is 0. The molecular formula is C64H43N3O. The molecule has 0 bridgehead atoms. The van der Waals surface area contributed by atoms with E-state index in [2.05, 4.69) is 257 Å². The van der Waals surface area contributed by atoms with Gasteiger partial charge in [0.2, 0.25) is 0 Å². The van der Waals surface area contributed by atoms with Gasteiger partial charge in [0.05, 0.1) is 28.5 Å². The summed E-state index contributed by atoms with van der Waals surface area (Å²) in [6.07, 6.45) is 7.98. The van der Waals surface area contributed by atoms with Crippen molar-refractivity contribution in [1.82, 2.24) is 9.13 Å². The number of furan rings is 1. The lowest BCUT2D eigenvalue weighted by molar-refractivity contribution is 0.643. The molecule has 0 N–H and O–H groups in total. The minimum atomic E-state index is 0.152. The van der Waals surface area contributed by atoms with E-state index < -0.39 is 0 Å². The summed E-state index contributed by atoms with van der Waals surface area (Å²) in [7, 11) is 0. The van der Waals surface area contributed by atoms with Crippen LogP contribution in [0, 0.1) is 0 Å². The average Bonchev–Trinajstić information content (AvgIpc) is 4.08. The van der Waals surface area contributed by atoms with Gasteiger partial charge in [-0.25, -0.2) is 0 Å². The third-order valence-corrected chi connectivity index (χ3v) is 14.3. The van der Waals surface area contributed by atoms with E-state index in [1.807, 2.05) is 0 Å². The van der Waals surface area contributed by atoms with Gasteiger partial charge in [0, 0.05) is 76.8 Å². The molecule has 320 valence electrons. The summed E-state index contributed by atoms with van der Waals surface area (Å²) in [6, 6.07) is 81.4. The van der Waals surface area contributed by atoms with Crippen molar-refractivity contribution in [2.45, 2.75) is 12.5 Å². The predicted octanol–water partition coefficient (Wildman–Crippen LogP) is 17.5. The fourth-order valence-electron chi connectivity index (χ4n) is 11.2. The molecule has 3 heterocycles. The van der Waals surface area contributed by atoms with E-state index in [4.69, 9.17) is 4.42 Å². The summed E-state index contributed by atoms with van der Waals surface area (Å²) in [5.41, 5.74) is 15.6. The van der Waals surface area contributed by atoms with Crippen LogP contribution in [0.3, 0.4) is 0 Å². The maximum atomic E-state index is 6.97. The van der Waals surface area contributed by atoms with E-state index in [1.165, 1.54) is 54.6 Å². The SMILES string of the molecule is C1=CC(n2c3ccccc3c3ccccc32)CC=C1N(c1ccc(-c2ccccc2-n2c3ccccc3c3ccccc32)cc1)c1ccccc1-c1cccc2c1oc1c3ccccc3ccc21. The Kier molecular flexibility index (Phi) is 8.68. The van der Waals surface area contributed by atoms with Gasteiger partial charge in [-0.1, -0.05) is 182 Å². The molecule has 0 amide bonds. The largest absolute Gasteiger partial charge is 0.455 e. The fourth-order valence-corrected chi connectivity index (χ4v) is 11.2. The third kappa shape index (κ3) is 5.87. The zero-order valence-corrected chi connectivity index (χ0v) is 37.1. The molecule has 1 aliphatic rings. The van der Waals surface area contributed by atoms with Gasteiger partial charge in [-0.2, -0.15) is 0 Å². The number of nitrogens with zero attached hydrogens (tertiary/aromatic N) is 3. The highest BCUT2D eigenvalue weighted by Crippen LogP contribution is 2.46. The molecular weight excluding hydrogens is 827 g/mol. The van der Waals surface area contributed by atoms with Crippen molar-refractivity contribution in [2.24, 2.45) is 0 Å². The highest BCUT2D eigenvalue weighted by Gasteiger charge is 2.25. The maximum absolute atomic E-state index is 6.97. The minimum absolute atomic E-state index is 0.152. The molecule has 1 aliphatic carbocycles. The predicted molar refractivity (Wildman–Crippen MR) is 285 cm³/mol. The van der Waals surface area contributed by atoms with Crippen molar-refractivity contribution in [3.8, 4) is 27.9 Å². The Labute approximate surface area is 393 Å². The number of rotatable bonds is 7. The van der Waals surface area contributed by atoms with E-state index in [9.17, 15) is 0 Å². The van der Waals surface area contributed by atoms with Crippen molar-refractivity contribution in [1.29, 1.82) is 0 Å². The minimum Gasteiger partial charge on any atom is -0.455 e. The highest BCUT2D eigenvalue weighted by molar-refractivity contribution is 6.18. The summed E-state index contributed by atoms with van der Waals surface area (Å²) in [4.78, 5) is 2.44. The van der Waals surface area contributed by atoms with Crippen molar-refractivity contribution in [3.05, 3.63) is 248 Å². The lowest BCUT2D eigenvalue weighted by atomic mass is 9.97. The van der Waals surface area contributed by atoms with Gasteiger partial charge < -0.3 is 18.5 Å². The van der Waals surface area contributed by atoms with Crippen molar-refractivity contribution in [3.63, 3.8) is 0 Å². The highest BCUT2D eigenvalue weighted by atomic mass is 16.3. The molecule has 10 aromatic carbocycles. The second kappa shape index (κ2) is 15.4. The van der Waals surface area contributed by atoms with Gasteiger partial charge in [-0.05, 0) is 78.0 Å². The van der Waals surface area contributed by atoms with E-state index in [0.29, 0.717) is 0 Å². The first-order valence-electron chi connectivity index (χ1n) is 23.5. The van der Waals surface area contributed by atoms with Crippen LogP contribution in [0.5, 0.6) is 0 Å². The number of aromatic nitrogens is 2. The quantitative estimate of drug-likeness (QED) is 0.159. The Bertz CT molecular complexity index is 4090. The lowest BCUT2D eigenvalue weighted by Gasteiger charge is -2.31. The molecule has 0 spiro atoms. The number of fused-ring (bicyclic) bond motifs is 11. The number of para-hydroxylation sites is 7. The number of hydrogen-bond acceptors (Lipinski definition) is 2. The zero-order valence-electron chi connectivity index (χ0n) is 37.1. The first kappa shape index (κ1) is 38.4. The molecule has 0 aliphatic heterocycles. The van der Waals surface area contributed by atoms with Crippen LogP contribution in [-0.4, -0.2) is 9.13 Å². The Hall–Kier alpha value is -8.86. The summed E-state index contributed by atoms with van der Waals surface area (Å²) in [5, 5.41) is 9.61. The average molecular weight is 870 g/mol. The van der Waals surface area contributed by atoms with E-state index in [0.717, 1.165) is 73.2 Å². The van der Waals surface area contributed by atoms with Crippen LogP contribution >= 0.6 is 0 Å². The standard InChI is InChI=1S/C64H43N3O/c1-2-18-48-42(16-1)34-41-56-55-25-15-24-54(64(55)68-63(48)56)53-23-8-10-27-58(53)65(45-37-39-46(40-38-45)66-59-28-11-4-19-49(59)50-20-5-12-29-60(50)66)44-35-32-43(33-36-44)47-17-3-9-26-57(47)67-61-30-13-6-21-51(61)52-22-7-14-31-62(52)67/h1-39,41,46H,40H2. The van der Waals surface area contributed by atoms with Crippen LogP contribution in [0.4, 0.5) is 11.4 Å². The normalized spacial score (nSPS) is 14.0. The molecule has 0 radical (unpaired) electrons. The molecule has 4 heteroatoms. The second-order valence-corrected chi connectivity index (χ2v) is 17.9. The fraction of sp³-hybridized carbons (Fsp3) is 0.0312. The summed E-state index contributed by atoms with van der Waals surface area (Å²) in [6.45, 7) is 0. The van der Waals surface area contributed by atoms with Gasteiger partial charge in [0.15, 0.2) is 0 Å². The van der Waals surface area contributed by atoms with E-state index in [1.54, 1.807) is 0 Å². The van der Waals surface area contributed by atoms with Gasteiger partial charge >= 0.3 is 0 Å². The molecule has 0 saturated heterocycles. The van der Waals surface area contributed by atoms with Gasteiger partial charge in [-0.3, -0.25) is 0 Å². The monoisotopic (exact) mass is 869 g/mol. The van der Waals surface area contributed by atoms with Crippen molar-refractivity contribution < 1.29 is 4.42 Å². The van der Waals surface area contributed by atoms with Crippen LogP contribution in [0.25, 0.3) is 104 Å². The molecule has 13 aromatic rings. The second-order valence-electron chi connectivity index (χ2n) is 17.9. The smallest absolute Gasteiger partial charge is 0.143 e. The Morgan fingerprint density at radius 2 is 0.956 bits per heavy atom. The number of allylic oxidation sites excluding steroid dienone is 3. The van der Waals surface area contributed by atoms with Crippen LogP contribution in [0.2, 0.25) is 0 Å². The first-order chi connectivity index (χ1) is 33.8. The van der Waals surface area contributed by atoms with Gasteiger partial charge in [0.1, 0.15) is 11.2 Å². The number of anilines is 2. The van der Waals surface area contributed by atoms with Crippen LogP contribution in [0.15, 0.2) is 253 Å². The molecule has 4 nitrogen and oxygen atoms in total. The molecule has 1 atom stereocenters. The molecule has 1 unspecified atom stereocenters. The Balaban J connectivity index is 0.922. The summed E-state index contributed by atoms with van der Waals surface area (Å²) >= 11 is 0. The molecule has 68 heavy (non-hydrogen) atoms. The topological polar surface area (TPSA) is 26.2 Å². The van der Waals surface area contributed by atoms with E-state index in [-0.39, 0.29) is 6.04 Å². The van der Waals surface area contributed by atoms with Crippen molar-refractivity contribution in [2.75, 3.05) is 4.90 Å². The van der Waals surface area contributed by atoms with Gasteiger partial charge in [0.25, 0.3) is 0 Å². The lowest BCUT2D eigenvalue weighted by Crippen LogP contribution is -2.19. The van der Waals surface area contributed by atoms with Crippen molar-refractivity contribution >= 4 is 87.7 Å². The van der Waals surface area contributed by atoms with Crippen LogP contribution < -0.4 is 4.90 Å². The van der Waals surface area contributed by atoms with Crippen LogP contribution in [0.1, 0.15) is 12.5 Å². The summed E-state index contributed by atoms with van der Waals surface area (Å²) in [5.74, 6) is 0. The molecule has 14 rings (SSSR count). The molecule has 3 aromatic heterocycles. The number of benzene rings is 10. The summed E-state index contributed by atoms with van der Waals surface area (Å²) < 4.78 is 11.9. The molecule has 0 saturated carbocycles. The van der Waals surface area contributed by atoms with Crippen LogP contribution in [-0.2, 0) is 0 Å². The maximum Gasteiger partial charge on any atom is 0.143 e. The first-order valence-corrected chi connectivity index (χ1v) is 23.5. The Morgan fingerprint density at radius 3 is 1.65 bits per heavy atom. The third-order valence-electron chi connectivity index (χ3n) is 14.3. The Morgan fingerprint density at radius 1 is 0.412 bits per heavy atom. The van der Waals surface area contributed by atoms with E-state index >= 15 is 0 Å². The zero-order chi connectivity index (χ0) is 44.7. The van der Waals surface area contributed by atoms with Gasteiger partial charge in [-0.15, -0.1) is 0 Å². The molecule has 0 fully saturated rings.